The molecule has 0 aromatic heterocycles. The molecule has 5 unspecified atom stereocenters. The van der Waals surface area contributed by atoms with Crippen molar-refractivity contribution in [2.24, 2.45) is 23.5 Å². The van der Waals surface area contributed by atoms with Gasteiger partial charge >= 0.3 is 0 Å². The Morgan fingerprint density at radius 3 is 2.63 bits per heavy atom. The summed E-state index contributed by atoms with van der Waals surface area (Å²) in [7, 11) is 0. The highest BCUT2D eigenvalue weighted by atomic mass is 16.3. The average Bonchev–Trinajstić information content (AvgIpc) is 2.31. The van der Waals surface area contributed by atoms with E-state index in [1.165, 1.54) is 0 Å². The van der Waals surface area contributed by atoms with Crippen molar-refractivity contribution >= 4 is 5.91 Å². The number of rotatable bonds is 1. The van der Waals surface area contributed by atoms with Crippen LogP contribution in [0.4, 0.5) is 0 Å². The Morgan fingerprint density at radius 2 is 2.00 bits per heavy atom. The molecule has 0 radical (unpaired) electrons. The van der Waals surface area contributed by atoms with Crippen molar-refractivity contribution in [1.82, 2.24) is 4.90 Å². The van der Waals surface area contributed by atoms with Crippen molar-refractivity contribution in [3.63, 3.8) is 0 Å². The van der Waals surface area contributed by atoms with E-state index in [1.807, 2.05) is 11.8 Å². The molecule has 1 saturated heterocycles. The third kappa shape index (κ3) is 3.29. The van der Waals surface area contributed by atoms with Gasteiger partial charge in [0.2, 0.25) is 5.91 Å². The van der Waals surface area contributed by atoms with Crippen LogP contribution in [0.25, 0.3) is 0 Å². The lowest BCUT2D eigenvalue weighted by molar-refractivity contribution is -0.145. The molecular weight excluding hydrogens is 240 g/mol. The summed E-state index contributed by atoms with van der Waals surface area (Å²) in [6.45, 7) is 7.41. The number of hydrogen-bond donors (Lipinski definition) is 2. The Hall–Kier alpha value is -0.610. The molecule has 0 aromatic carbocycles. The summed E-state index contributed by atoms with van der Waals surface area (Å²) in [6, 6.07) is 0.135. The van der Waals surface area contributed by atoms with Crippen LogP contribution >= 0.6 is 0 Å². The Balaban J connectivity index is 2.02. The second-order valence-electron chi connectivity index (χ2n) is 7.06. The zero-order chi connectivity index (χ0) is 14.2. The zero-order valence-corrected chi connectivity index (χ0v) is 12.4. The van der Waals surface area contributed by atoms with Gasteiger partial charge in [-0.2, -0.15) is 0 Å². The fourth-order valence-corrected chi connectivity index (χ4v) is 3.67. The van der Waals surface area contributed by atoms with Crippen molar-refractivity contribution in [2.75, 3.05) is 13.1 Å². The van der Waals surface area contributed by atoms with Gasteiger partial charge in [-0.15, -0.1) is 0 Å². The van der Waals surface area contributed by atoms with Gasteiger partial charge in [0.15, 0.2) is 0 Å². The Bertz CT molecular complexity index is 343. The molecule has 0 spiro atoms. The van der Waals surface area contributed by atoms with Gasteiger partial charge in [-0.05, 0) is 44.4 Å². The maximum atomic E-state index is 12.7. The first kappa shape index (κ1) is 14.8. The van der Waals surface area contributed by atoms with E-state index in [0.717, 1.165) is 32.2 Å². The topological polar surface area (TPSA) is 66.6 Å². The number of nitrogens with two attached hydrogens (primary N) is 1. The standard InChI is InChI=1S/C15H28N2O2/c1-10-7-11(2)13(16)8-12(10)14(18)17-6-4-5-15(3,19)9-17/h10-13,19H,4-9,16H2,1-3H3. The first-order valence-electron chi connectivity index (χ1n) is 7.57. The van der Waals surface area contributed by atoms with Gasteiger partial charge in [-0.3, -0.25) is 4.79 Å². The largest absolute Gasteiger partial charge is 0.388 e. The van der Waals surface area contributed by atoms with E-state index in [-0.39, 0.29) is 17.9 Å². The number of amides is 1. The summed E-state index contributed by atoms with van der Waals surface area (Å²) in [5.41, 5.74) is 5.41. The van der Waals surface area contributed by atoms with Crippen molar-refractivity contribution in [1.29, 1.82) is 0 Å². The second kappa shape index (κ2) is 5.41. The summed E-state index contributed by atoms with van der Waals surface area (Å²) in [6.07, 6.45) is 3.50. The molecule has 1 aliphatic heterocycles. The summed E-state index contributed by atoms with van der Waals surface area (Å²) in [5, 5.41) is 10.1. The van der Waals surface area contributed by atoms with Gasteiger partial charge in [0, 0.05) is 25.0 Å². The highest BCUT2D eigenvalue weighted by Gasteiger charge is 2.39. The lowest BCUT2D eigenvalue weighted by atomic mass is 9.72. The SMILES string of the molecule is CC1CC(C)C(C(=O)N2CCCC(C)(O)C2)CC1N. The van der Waals surface area contributed by atoms with E-state index in [9.17, 15) is 9.90 Å². The average molecular weight is 268 g/mol. The van der Waals surface area contributed by atoms with Gasteiger partial charge < -0.3 is 15.7 Å². The lowest BCUT2D eigenvalue weighted by Gasteiger charge is -2.42. The minimum atomic E-state index is -0.721. The number of β-amino-alcohol motifs (C(OH)–C–C–N with tert-alkyl or cyclic N) is 1. The maximum absolute atomic E-state index is 12.7. The molecule has 2 fully saturated rings. The van der Waals surface area contributed by atoms with Crippen LogP contribution in [0.15, 0.2) is 0 Å². The molecule has 3 N–H and O–H groups in total. The highest BCUT2D eigenvalue weighted by Crippen LogP contribution is 2.35. The number of nitrogens with zero attached hydrogens (tertiary/aromatic N) is 1. The van der Waals surface area contributed by atoms with Gasteiger partial charge in [0.25, 0.3) is 0 Å². The van der Waals surface area contributed by atoms with E-state index >= 15 is 0 Å². The smallest absolute Gasteiger partial charge is 0.226 e. The van der Waals surface area contributed by atoms with Gasteiger partial charge in [0.1, 0.15) is 0 Å². The first-order valence-corrected chi connectivity index (χ1v) is 7.57. The molecule has 110 valence electrons. The van der Waals surface area contributed by atoms with Crippen LogP contribution in [-0.2, 0) is 4.79 Å². The molecule has 0 bridgehead atoms. The Morgan fingerprint density at radius 1 is 1.32 bits per heavy atom. The van der Waals surface area contributed by atoms with Gasteiger partial charge in [-0.25, -0.2) is 0 Å². The molecule has 5 atom stereocenters. The van der Waals surface area contributed by atoms with Gasteiger partial charge in [0.05, 0.1) is 5.60 Å². The maximum Gasteiger partial charge on any atom is 0.226 e. The number of carbonyl (C=O) groups excluding carboxylic acids is 1. The lowest BCUT2D eigenvalue weighted by Crippen LogP contribution is -2.53. The predicted octanol–water partition coefficient (Wildman–Crippen LogP) is 1.37. The van der Waals surface area contributed by atoms with E-state index < -0.39 is 5.60 Å². The molecular formula is C15H28N2O2. The zero-order valence-electron chi connectivity index (χ0n) is 12.4. The normalized spacial score (nSPS) is 44.2. The molecule has 4 heteroatoms. The first-order chi connectivity index (χ1) is 8.80. The van der Waals surface area contributed by atoms with E-state index in [1.54, 1.807) is 0 Å². The van der Waals surface area contributed by atoms with E-state index in [0.29, 0.717) is 18.4 Å². The van der Waals surface area contributed by atoms with E-state index in [4.69, 9.17) is 5.73 Å². The quantitative estimate of drug-likeness (QED) is 0.755. The van der Waals surface area contributed by atoms with Crippen LogP contribution in [0.2, 0.25) is 0 Å². The summed E-state index contributed by atoms with van der Waals surface area (Å²) < 4.78 is 0. The number of likely N-dealkylation sites (tertiary alicyclic amines) is 1. The van der Waals surface area contributed by atoms with Crippen LogP contribution in [0.5, 0.6) is 0 Å². The van der Waals surface area contributed by atoms with Crippen molar-refractivity contribution in [2.45, 2.75) is 58.1 Å². The molecule has 1 heterocycles. The molecule has 19 heavy (non-hydrogen) atoms. The fraction of sp³-hybridized carbons (Fsp3) is 0.933. The van der Waals surface area contributed by atoms with E-state index in [2.05, 4.69) is 13.8 Å². The number of aliphatic hydroxyl groups is 1. The van der Waals surface area contributed by atoms with Crippen LogP contribution < -0.4 is 5.73 Å². The van der Waals surface area contributed by atoms with Gasteiger partial charge in [-0.1, -0.05) is 13.8 Å². The molecule has 4 nitrogen and oxygen atoms in total. The second-order valence-corrected chi connectivity index (χ2v) is 7.06. The fourth-order valence-electron chi connectivity index (χ4n) is 3.67. The summed E-state index contributed by atoms with van der Waals surface area (Å²) >= 11 is 0. The third-order valence-electron chi connectivity index (χ3n) is 4.99. The minimum Gasteiger partial charge on any atom is -0.388 e. The third-order valence-corrected chi connectivity index (χ3v) is 4.99. The number of carbonyl (C=O) groups is 1. The predicted molar refractivity (Wildman–Crippen MR) is 75.5 cm³/mol. The monoisotopic (exact) mass is 268 g/mol. The summed E-state index contributed by atoms with van der Waals surface area (Å²) in [4.78, 5) is 14.5. The summed E-state index contributed by atoms with van der Waals surface area (Å²) in [5.74, 6) is 1.15. The minimum absolute atomic E-state index is 0.0418. The van der Waals surface area contributed by atoms with Crippen LogP contribution in [0.3, 0.4) is 0 Å². The molecule has 1 aliphatic carbocycles. The van der Waals surface area contributed by atoms with Crippen LogP contribution in [-0.4, -0.2) is 40.6 Å². The number of hydrogen-bond acceptors (Lipinski definition) is 3. The molecule has 2 rings (SSSR count). The number of piperidine rings is 1. The Labute approximate surface area is 116 Å². The van der Waals surface area contributed by atoms with Crippen molar-refractivity contribution in [3.05, 3.63) is 0 Å². The molecule has 0 aromatic rings. The van der Waals surface area contributed by atoms with Crippen LogP contribution in [0, 0.1) is 17.8 Å². The van der Waals surface area contributed by atoms with Crippen molar-refractivity contribution < 1.29 is 9.90 Å². The van der Waals surface area contributed by atoms with Crippen molar-refractivity contribution in [3.8, 4) is 0 Å². The van der Waals surface area contributed by atoms with Crippen LogP contribution in [0.1, 0.15) is 46.5 Å². The molecule has 2 aliphatic rings. The Kier molecular flexibility index (Phi) is 4.21. The molecule has 1 saturated carbocycles. The highest BCUT2D eigenvalue weighted by molar-refractivity contribution is 5.79. The molecule has 1 amide bonds.